The number of carbonyl (C=O) groups is 2. The maximum atomic E-state index is 12.0. The first-order chi connectivity index (χ1) is 9.61. The maximum absolute atomic E-state index is 12.0. The van der Waals surface area contributed by atoms with Crippen molar-refractivity contribution in [1.82, 2.24) is 9.78 Å². The molecule has 2 aromatic rings. The van der Waals surface area contributed by atoms with Crippen LogP contribution in [0.1, 0.15) is 23.3 Å². The molecule has 1 amide bonds. The highest BCUT2D eigenvalue weighted by Crippen LogP contribution is 2.13. The van der Waals surface area contributed by atoms with Crippen LogP contribution >= 0.6 is 0 Å². The van der Waals surface area contributed by atoms with Crippen LogP contribution in [0.3, 0.4) is 0 Å². The Kier molecular flexibility index (Phi) is 4.14. The molecule has 1 unspecified atom stereocenters. The third-order valence-electron chi connectivity index (χ3n) is 2.87. The molecule has 0 spiro atoms. The Bertz CT molecular complexity index is 591. The molecule has 104 valence electrons. The maximum Gasteiger partial charge on any atom is 0.337 e. The monoisotopic (exact) mass is 273 g/mol. The van der Waals surface area contributed by atoms with Crippen LogP contribution < -0.4 is 5.32 Å². The van der Waals surface area contributed by atoms with Gasteiger partial charge in [-0.25, -0.2) is 4.79 Å². The fourth-order valence-corrected chi connectivity index (χ4v) is 1.68. The molecule has 1 aromatic carbocycles. The van der Waals surface area contributed by atoms with Crippen LogP contribution in [0, 0.1) is 0 Å². The van der Waals surface area contributed by atoms with Gasteiger partial charge in [0.25, 0.3) is 0 Å². The van der Waals surface area contributed by atoms with Gasteiger partial charge in [0.05, 0.1) is 12.7 Å². The van der Waals surface area contributed by atoms with Gasteiger partial charge in [-0.1, -0.05) is 0 Å². The molecular weight excluding hydrogens is 258 g/mol. The van der Waals surface area contributed by atoms with Crippen molar-refractivity contribution in [2.75, 3.05) is 12.4 Å². The van der Waals surface area contributed by atoms with Crippen LogP contribution in [0.25, 0.3) is 0 Å². The van der Waals surface area contributed by atoms with Crippen molar-refractivity contribution < 1.29 is 14.3 Å². The van der Waals surface area contributed by atoms with Crippen molar-refractivity contribution in [3.05, 3.63) is 48.3 Å². The van der Waals surface area contributed by atoms with E-state index in [-0.39, 0.29) is 5.91 Å². The van der Waals surface area contributed by atoms with Gasteiger partial charge in [-0.15, -0.1) is 0 Å². The number of nitrogens with one attached hydrogen (secondary N) is 1. The predicted octanol–water partition coefficient (Wildman–Crippen LogP) is 1.87. The smallest absolute Gasteiger partial charge is 0.337 e. The molecule has 2 rings (SSSR count). The van der Waals surface area contributed by atoms with Crippen LogP contribution in [0.15, 0.2) is 42.7 Å². The van der Waals surface area contributed by atoms with Crippen molar-refractivity contribution in [2.45, 2.75) is 13.0 Å². The first-order valence-electron chi connectivity index (χ1n) is 6.10. The van der Waals surface area contributed by atoms with E-state index in [2.05, 4.69) is 15.2 Å². The zero-order valence-corrected chi connectivity index (χ0v) is 11.2. The largest absolute Gasteiger partial charge is 0.465 e. The average Bonchev–Trinajstić information content (AvgIpc) is 3.00. The summed E-state index contributed by atoms with van der Waals surface area (Å²) >= 11 is 0. The van der Waals surface area contributed by atoms with E-state index < -0.39 is 12.0 Å². The molecule has 1 atom stereocenters. The number of hydrogen-bond acceptors (Lipinski definition) is 4. The third-order valence-corrected chi connectivity index (χ3v) is 2.87. The first kappa shape index (κ1) is 13.8. The SMILES string of the molecule is COC(=O)c1ccc(NC(=O)C(C)n2cccn2)cc1. The summed E-state index contributed by atoms with van der Waals surface area (Å²) in [5, 5.41) is 6.78. The van der Waals surface area contributed by atoms with Crippen LogP contribution in [-0.2, 0) is 9.53 Å². The standard InChI is InChI=1S/C14H15N3O3/c1-10(17-9-3-8-15-17)13(18)16-12-6-4-11(5-7-12)14(19)20-2/h3-10H,1-2H3,(H,16,18). The van der Waals surface area contributed by atoms with E-state index in [0.29, 0.717) is 11.3 Å². The Morgan fingerprint density at radius 3 is 2.55 bits per heavy atom. The minimum Gasteiger partial charge on any atom is -0.465 e. The summed E-state index contributed by atoms with van der Waals surface area (Å²) in [5.41, 5.74) is 1.05. The van der Waals surface area contributed by atoms with E-state index in [1.54, 1.807) is 54.3 Å². The van der Waals surface area contributed by atoms with E-state index in [9.17, 15) is 9.59 Å². The fraction of sp³-hybridized carbons (Fsp3) is 0.214. The summed E-state index contributed by atoms with van der Waals surface area (Å²) in [6.45, 7) is 1.76. The second-order valence-corrected chi connectivity index (χ2v) is 4.22. The highest BCUT2D eigenvalue weighted by molar-refractivity contribution is 5.94. The lowest BCUT2D eigenvalue weighted by atomic mass is 10.2. The molecule has 1 N–H and O–H groups in total. The highest BCUT2D eigenvalue weighted by atomic mass is 16.5. The zero-order chi connectivity index (χ0) is 14.5. The number of amides is 1. The summed E-state index contributed by atoms with van der Waals surface area (Å²) in [6.07, 6.45) is 3.35. The van der Waals surface area contributed by atoms with E-state index in [0.717, 1.165) is 0 Å². The molecule has 6 nitrogen and oxygen atoms in total. The molecule has 0 saturated carbocycles. The topological polar surface area (TPSA) is 73.2 Å². The van der Waals surface area contributed by atoms with Crippen molar-refractivity contribution in [1.29, 1.82) is 0 Å². The Labute approximate surface area is 116 Å². The summed E-state index contributed by atoms with van der Waals surface area (Å²) in [6, 6.07) is 7.85. The Balaban J connectivity index is 2.03. The summed E-state index contributed by atoms with van der Waals surface area (Å²) in [4.78, 5) is 23.3. The van der Waals surface area contributed by atoms with Gasteiger partial charge in [-0.3, -0.25) is 9.48 Å². The molecule has 20 heavy (non-hydrogen) atoms. The van der Waals surface area contributed by atoms with Crippen LogP contribution in [0.2, 0.25) is 0 Å². The zero-order valence-electron chi connectivity index (χ0n) is 11.2. The van der Waals surface area contributed by atoms with Gasteiger partial charge < -0.3 is 10.1 Å². The van der Waals surface area contributed by atoms with E-state index in [1.165, 1.54) is 7.11 Å². The minimum atomic E-state index is -0.412. The molecule has 0 radical (unpaired) electrons. The fourth-order valence-electron chi connectivity index (χ4n) is 1.68. The Hall–Kier alpha value is -2.63. The third kappa shape index (κ3) is 3.03. The van der Waals surface area contributed by atoms with Crippen molar-refractivity contribution >= 4 is 17.6 Å². The summed E-state index contributed by atoms with van der Waals surface area (Å²) < 4.78 is 6.17. The number of nitrogens with zero attached hydrogens (tertiary/aromatic N) is 2. The lowest BCUT2D eigenvalue weighted by molar-refractivity contribution is -0.119. The lowest BCUT2D eigenvalue weighted by Gasteiger charge is -2.12. The van der Waals surface area contributed by atoms with Gasteiger partial charge in [0.2, 0.25) is 5.91 Å². The van der Waals surface area contributed by atoms with Crippen molar-refractivity contribution in [3.63, 3.8) is 0 Å². The molecule has 0 saturated heterocycles. The van der Waals surface area contributed by atoms with Gasteiger partial charge in [-0.2, -0.15) is 5.10 Å². The van der Waals surface area contributed by atoms with Gasteiger partial charge >= 0.3 is 5.97 Å². The number of anilines is 1. The number of carbonyl (C=O) groups excluding carboxylic acids is 2. The Morgan fingerprint density at radius 1 is 1.30 bits per heavy atom. The lowest BCUT2D eigenvalue weighted by Crippen LogP contribution is -2.24. The van der Waals surface area contributed by atoms with Gasteiger partial charge in [-0.05, 0) is 37.3 Å². The molecular formula is C14H15N3O3. The van der Waals surface area contributed by atoms with Crippen molar-refractivity contribution in [2.24, 2.45) is 0 Å². The van der Waals surface area contributed by atoms with Gasteiger partial charge in [0.1, 0.15) is 6.04 Å². The first-order valence-corrected chi connectivity index (χ1v) is 6.10. The number of methoxy groups -OCH3 is 1. The van der Waals surface area contributed by atoms with E-state index >= 15 is 0 Å². The molecule has 0 aliphatic rings. The molecule has 0 bridgehead atoms. The van der Waals surface area contributed by atoms with Crippen LogP contribution in [-0.4, -0.2) is 28.8 Å². The Morgan fingerprint density at radius 2 is 2.00 bits per heavy atom. The summed E-state index contributed by atoms with van der Waals surface area (Å²) in [5.74, 6) is -0.590. The predicted molar refractivity (Wildman–Crippen MR) is 73.3 cm³/mol. The second kappa shape index (κ2) is 6.01. The molecule has 0 aliphatic heterocycles. The molecule has 1 heterocycles. The number of aromatic nitrogens is 2. The minimum absolute atomic E-state index is 0.181. The van der Waals surface area contributed by atoms with Crippen molar-refractivity contribution in [3.8, 4) is 0 Å². The number of rotatable bonds is 4. The van der Waals surface area contributed by atoms with Gasteiger partial charge in [0.15, 0.2) is 0 Å². The quantitative estimate of drug-likeness (QED) is 0.863. The number of esters is 1. The number of hydrogen-bond donors (Lipinski definition) is 1. The molecule has 6 heteroatoms. The average molecular weight is 273 g/mol. The summed E-state index contributed by atoms with van der Waals surface area (Å²) in [7, 11) is 1.32. The highest BCUT2D eigenvalue weighted by Gasteiger charge is 2.15. The van der Waals surface area contributed by atoms with Crippen LogP contribution in [0.5, 0.6) is 0 Å². The number of benzene rings is 1. The van der Waals surface area contributed by atoms with Gasteiger partial charge in [0, 0.05) is 18.1 Å². The van der Waals surface area contributed by atoms with Crippen LogP contribution in [0.4, 0.5) is 5.69 Å². The molecule has 0 fully saturated rings. The normalized spacial score (nSPS) is 11.7. The van der Waals surface area contributed by atoms with E-state index in [1.807, 2.05) is 0 Å². The molecule has 0 aliphatic carbocycles. The molecule has 1 aromatic heterocycles. The number of ether oxygens (including phenoxy) is 1. The second-order valence-electron chi connectivity index (χ2n) is 4.22. The van der Waals surface area contributed by atoms with E-state index in [4.69, 9.17) is 0 Å².